The number of aryl methyl sites for hydroxylation is 2. The van der Waals surface area contributed by atoms with Crippen LogP contribution in [0.5, 0.6) is 0 Å². The van der Waals surface area contributed by atoms with E-state index < -0.39 is 0 Å². The van der Waals surface area contributed by atoms with Crippen molar-refractivity contribution in [1.82, 2.24) is 14.8 Å². The predicted octanol–water partition coefficient (Wildman–Crippen LogP) is 4.08. The molecule has 2 aromatic heterocycles. The second-order valence-corrected chi connectivity index (χ2v) is 7.02. The van der Waals surface area contributed by atoms with Crippen molar-refractivity contribution in [3.8, 4) is 5.69 Å². The molecule has 0 atom stereocenters. The Morgan fingerprint density at radius 3 is 2.75 bits per heavy atom. The topological polar surface area (TPSA) is 59.8 Å². The van der Waals surface area contributed by atoms with E-state index in [0.717, 1.165) is 35.5 Å². The lowest BCUT2D eigenvalue weighted by molar-refractivity contribution is 0.102. The van der Waals surface area contributed by atoms with Gasteiger partial charge in [0.15, 0.2) is 5.13 Å². The third kappa shape index (κ3) is 2.73. The molecule has 1 saturated carbocycles. The van der Waals surface area contributed by atoms with Crippen molar-refractivity contribution in [2.24, 2.45) is 0 Å². The van der Waals surface area contributed by atoms with Crippen LogP contribution in [-0.2, 0) is 0 Å². The Hall–Kier alpha value is -2.47. The summed E-state index contributed by atoms with van der Waals surface area (Å²) in [6.07, 6.45) is 3.89. The fraction of sp³-hybridized carbons (Fsp3) is 0.278. The van der Waals surface area contributed by atoms with Crippen LogP contribution in [0.4, 0.5) is 5.13 Å². The van der Waals surface area contributed by atoms with Crippen molar-refractivity contribution in [3.63, 3.8) is 0 Å². The SMILES string of the molecule is Cc1csc(NC(=O)c2cnn(-c3ccccc3C)c2C2CC2)n1. The van der Waals surface area contributed by atoms with Crippen LogP contribution in [0.3, 0.4) is 0 Å². The third-order valence-electron chi connectivity index (χ3n) is 4.20. The molecule has 0 bridgehead atoms. The van der Waals surface area contributed by atoms with E-state index in [1.807, 2.05) is 35.2 Å². The highest BCUT2D eigenvalue weighted by molar-refractivity contribution is 7.13. The van der Waals surface area contributed by atoms with Gasteiger partial charge in [-0.3, -0.25) is 10.1 Å². The summed E-state index contributed by atoms with van der Waals surface area (Å²) in [4.78, 5) is 17.0. The number of aromatic nitrogens is 3. The largest absolute Gasteiger partial charge is 0.298 e. The summed E-state index contributed by atoms with van der Waals surface area (Å²) >= 11 is 1.44. The monoisotopic (exact) mass is 338 g/mol. The van der Waals surface area contributed by atoms with Gasteiger partial charge in [0.1, 0.15) is 0 Å². The van der Waals surface area contributed by atoms with Gasteiger partial charge in [-0.1, -0.05) is 18.2 Å². The van der Waals surface area contributed by atoms with Gasteiger partial charge in [-0.25, -0.2) is 9.67 Å². The molecule has 24 heavy (non-hydrogen) atoms. The lowest BCUT2D eigenvalue weighted by Crippen LogP contribution is -2.14. The molecule has 5 nitrogen and oxygen atoms in total. The summed E-state index contributed by atoms with van der Waals surface area (Å²) in [5, 5.41) is 9.96. The van der Waals surface area contributed by atoms with Gasteiger partial charge >= 0.3 is 0 Å². The molecule has 1 aromatic carbocycles. The molecular formula is C18H18N4OS. The van der Waals surface area contributed by atoms with Gasteiger partial charge in [0.25, 0.3) is 5.91 Å². The number of nitrogens with zero attached hydrogens (tertiary/aromatic N) is 3. The van der Waals surface area contributed by atoms with Crippen molar-refractivity contribution in [2.45, 2.75) is 32.6 Å². The molecular weight excluding hydrogens is 320 g/mol. The van der Waals surface area contributed by atoms with Crippen molar-refractivity contribution < 1.29 is 4.79 Å². The van der Waals surface area contributed by atoms with Crippen molar-refractivity contribution >= 4 is 22.4 Å². The molecule has 4 rings (SSSR count). The predicted molar refractivity (Wildman–Crippen MR) is 95.1 cm³/mol. The normalized spacial score (nSPS) is 13.9. The van der Waals surface area contributed by atoms with Crippen molar-refractivity contribution in [1.29, 1.82) is 0 Å². The highest BCUT2D eigenvalue weighted by atomic mass is 32.1. The zero-order chi connectivity index (χ0) is 16.7. The molecule has 0 aliphatic heterocycles. The number of carbonyl (C=O) groups is 1. The Kier molecular flexibility index (Phi) is 3.69. The zero-order valence-electron chi connectivity index (χ0n) is 13.6. The first kappa shape index (κ1) is 15.1. The van der Waals surface area contributed by atoms with E-state index in [-0.39, 0.29) is 5.91 Å². The maximum atomic E-state index is 12.7. The maximum Gasteiger partial charge on any atom is 0.260 e. The number of amides is 1. The Bertz CT molecular complexity index is 907. The smallest absolute Gasteiger partial charge is 0.260 e. The van der Waals surface area contributed by atoms with Gasteiger partial charge in [0, 0.05) is 11.3 Å². The van der Waals surface area contributed by atoms with Gasteiger partial charge in [0.05, 0.1) is 28.8 Å². The third-order valence-corrected chi connectivity index (χ3v) is 5.07. The minimum atomic E-state index is -0.133. The van der Waals surface area contributed by atoms with Gasteiger partial charge in [-0.05, 0) is 38.3 Å². The summed E-state index contributed by atoms with van der Waals surface area (Å²) in [7, 11) is 0. The Labute approximate surface area is 144 Å². The van der Waals surface area contributed by atoms with E-state index in [2.05, 4.69) is 28.4 Å². The van der Waals surface area contributed by atoms with Gasteiger partial charge in [-0.2, -0.15) is 5.10 Å². The van der Waals surface area contributed by atoms with E-state index in [1.54, 1.807) is 6.20 Å². The maximum absolute atomic E-state index is 12.7. The fourth-order valence-electron chi connectivity index (χ4n) is 2.85. The summed E-state index contributed by atoms with van der Waals surface area (Å²) in [6.45, 7) is 3.98. The highest BCUT2D eigenvalue weighted by Crippen LogP contribution is 2.42. The average molecular weight is 338 g/mol. The van der Waals surface area contributed by atoms with Crippen LogP contribution in [0, 0.1) is 13.8 Å². The first-order valence-corrected chi connectivity index (χ1v) is 8.89. The van der Waals surface area contributed by atoms with Crippen LogP contribution >= 0.6 is 11.3 Å². The Morgan fingerprint density at radius 1 is 1.29 bits per heavy atom. The standard InChI is InChI=1S/C18H18N4OS/c1-11-5-3-4-6-15(11)22-16(13-7-8-13)14(9-19-22)17(23)21-18-20-12(2)10-24-18/h3-6,9-10,13H,7-8H2,1-2H3,(H,20,21,23). The summed E-state index contributed by atoms with van der Waals surface area (Å²) in [5.41, 5.74) is 4.74. The minimum Gasteiger partial charge on any atom is -0.298 e. The van der Waals surface area contributed by atoms with Crippen LogP contribution in [-0.4, -0.2) is 20.7 Å². The minimum absolute atomic E-state index is 0.133. The molecule has 2 heterocycles. The summed E-state index contributed by atoms with van der Waals surface area (Å²) < 4.78 is 1.93. The van der Waals surface area contributed by atoms with E-state index in [4.69, 9.17) is 0 Å². The number of thiazole rings is 1. The highest BCUT2D eigenvalue weighted by Gasteiger charge is 2.33. The van der Waals surface area contributed by atoms with Crippen LogP contribution in [0.1, 0.15) is 46.1 Å². The van der Waals surface area contributed by atoms with Crippen LogP contribution < -0.4 is 5.32 Å². The van der Waals surface area contributed by atoms with Crippen LogP contribution in [0.15, 0.2) is 35.8 Å². The second kappa shape index (κ2) is 5.87. The van der Waals surface area contributed by atoms with Gasteiger partial charge in [-0.15, -0.1) is 11.3 Å². The van der Waals surface area contributed by atoms with E-state index in [0.29, 0.717) is 16.6 Å². The quantitative estimate of drug-likeness (QED) is 0.780. The Morgan fingerprint density at radius 2 is 2.08 bits per heavy atom. The number of carbonyl (C=O) groups excluding carboxylic acids is 1. The summed E-state index contributed by atoms with van der Waals surface area (Å²) in [6, 6.07) is 8.11. The average Bonchev–Trinajstić information content (AvgIpc) is 3.18. The number of benzene rings is 1. The Balaban J connectivity index is 1.72. The lowest BCUT2D eigenvalue weighted by atomic mass is 10.1. The first-order valence-electron chi connectivity index (χ1n) is 8.01. The van der Waals surface area contributed by atoms with E-state index in [9.17, 15) is 4.79 Å². The van der Waals surface area contributed by atoms with Crippen molar-refractivity contribution in [3.05, 3.63) is 58.4 Å². The zero-order valence-corrected chi connectivity index (χ0v) is 14.4. The molecule has 0 radical (unpaired) electrons. The van der Waals surface area contributed by atoms with Gasteiger partial charge < -0.3 is 0 Å². The van der Waals surface area contributed by atoms with E-state index >= 15 is 0 Å². The molecule has 0 unspecified atom stereocenters. The molecule has 1 amide bonds. The van der Waals surface area contributed by atoms with E-state index in [1.165, 1.54) is 11.3 Å². The number of rotatable bonds is 4. The first-order chi connectivity index (χ1) is 11.6. The number of para-hydroxylation sites is 1. The van der Waals surface area contributed by atoms with Crippen molar-refractivity contribution in [2.75, 3.05) is 5.32 Å². The molecule has 1 N–H and O–H groups in total. The molecule has 1 aliphatic rings. The molecule has 3 aromatic rings. The molecule has 0 saturated heterocycles. The fourth-order valence-corrected chi connectivity index (χ4v) is 3.53. The molecule has 122 valence electrons. The van der Waals surface area contributed by atoms with Crippen LogP contribution in [0.2, 0.25) is 0 Å². The molecule has 0 spiro atoms. The van der Waals surface area contributed by atoms with Gasteiger partial charge in [0.2, 0.25) is 0 Å². The number of hydrogen-bond acceptors (Lipinski definition) is 4. The number of anilines is 1. The second-order valence-electron chi connectivity index (χ2n) is 6.16. The molecule has 6 heteroatoms. The van der Waals surface area contributed by atoms with Crippen LogP contribution in [0.25, 0.3) is 5.69 Å². The molecule has 1 fully saturated rings. The summed E-state index contributed by atoms with van der Waals surface area (Å²) in [5.74, 6) is 0.275. The number of hydrogen-bond donors (Lipinski definition) is 1. The lowest BCUT2D eigenvalue weighted by Gasteiger charge is -2.11. The number of nitrogens with one attached hydrogen (secondary N) is 1. The molecule has 1 aliphatic carbocycles.